The van der Waals surface area contributed by atoms with Gasteiger partial charge in [-0.2, -0.15) is 0 Å². The van der Waals surface area contributed by atoms with Gasteiger partial charge in [-0.1, -0.05) is 0 Å². The third kappa shape index (κ3) is 3.48. The maximum absolute atomic E-state index is 12.1. The number of allylic oxidation sites excluding steroid dienone is 1. The lowest BCUT2D eigenvalue weighted by Crippen LogP contribution is -2.45. The molecule has 2 N–H and O–H groups in total. The average molecular weight is 399 g/mol. The van der Waals surface area contributed by atoms with Crippen LogP contribution < -0.4 is 20.1 Å². The van der Waals surface area contributed by atoms with Crippen LogP contribution in [0.4, 0.5) is 4.79 Å². The van der Waals surface area contributed by atoms with E-state index in [4.69, 9.17) is 14.2 Å². The van der Waals surface area contributed by atoms with Crippen LogP contribution in [0, 0.1) is 0 Å². The summed E-state index contributed by atoms with van der Waals surface area (Å²) in [4.78, 5) is 24.0. The normalized spacial score (nSPS) is 17.0. The molecular weight excluding hydrogens is 380 g/mol. The second-order valence-corrected chi connectivity index (χ2v) is 5.88. The number of carbonyl (C=O) groups is 2. The molecule has 0 saturated carbocycles. The van der Waals surface area contributed by atoms with Gasteiger partial charge in [-0.25, -0.2) is 9.59 Å². The predicted octanol–water partition coefficient (Wildman–Crippen LogP) is 2.66. The highest BCUT2D eigenvalue weighted by molar-refractivity contribution is 9.10. The van der Waals surface area contributed by atoms with E-state index >= 15 is 0 Å². The summed E-state index contributed by atoms with van der Waals surface area (Å²) in [5.74, 6) is 0.537. The number of hydrogen-bond acceptors (Lipinski definition) is 5. The number of rotatable bonds is 5. The topological polar surface area (TPSA) is 85.9 Å². The van der Waals surface area contributed by atoms with Crippen molar-refractivity contribution in [3.63, 3.8) is 0 Å². The molecule has 0 radical (unpaired) electrons. The Bertz CT molecular complexity index is 702. The van der Waals surface area contributed by atoms with Crippen molar-refractivity contribution < 1.29 is 23.8 Å². The fourth-order valence-corrected chi connectivity index (χ4v) is 3.16. The lowest BCUT2D eigenvalue weighted by atomic mass is 9.95. The Balaban J connectivity index is 2.57. The molecule has 1 heterocycles. The van der Waals surface area contributed by atoms with Gasteiger partial charge in [-0.05, 0) is 47.5 Å². The van der Waals surface area contributed by atoms with Crippen molar-refractivity contribution in [2.24, 2.45) is 0 Å². The second kappa shape index (κ2) is 7.57. The van der Waals surface area contributed by atoms with E-state index in [0.29, 0.717) is 39.4 Å². The number of methoxy groups -OCH3 is 2. The van der Waals surface area contributed by atoms with E-state index < -0.39 is 18.0 Å². The zero-order chi connectivity index (χ0) is 17.9. The molecule has 1 aromatic rings. The minimum atomic E-state index is -0.660. The summed E-state index contributed by atoms with van der Waals surface area (Å²) in [6.07, 6.45) is 0. The summed E-state index contributed by atoms with van der Waals surface area (Å²) in [5, 5.41) is 5.32. The third-order valence-corrected chi connectivity index (χ3v) is 4.13. The minimum Gasteiger partial charge on any atom is -0.492 e. The van der Waals surface area contributed by atoms with E-state index in [2.05, 4.69) is 26.6 Å². The standard InChI is InChI=1S/C16H19BrN2O5/c1-5-24-11-7-9(6-10(17)14(11)22-3)13-12(15(20)23-4)8(2)18-16(21)19-13/h6-7,13H,5H2,1-4H3,(H2,18,19,21)/t13-/m1/s1. The molecule has 8 heteroatoms. The van der Waals surface area contributed by atoms with Crippen molar-refractivity contribution >= 4 is 27.9 Å². The number of ether oxygens (including phenoxy) is 3. The first-order valence-electron chi connectivity index (χ1n) is 7.29. The smallest absolute Gasteiger partial charge is 0.337 e. The molecule has 0 fully saturated rings. The van der Waals surface area contributed by atoms with Crippen molar-refractivity contribution in [1.82, 2.24) is 10.6 Å². The molecule has 1 aliphatic heterocycles. The fourth-order valence-electron chi connectivity index (χ4n) is 2.54. The Morgan fingerprint density at radius 3 is 2.62 bits per heavy atom. The molecule has 130 valence electrons. The molecule has 0 aromatic heterocycles. The first-order chi connectivity index (χ1) is 11.4. The average Bonchev–Trinajstić information content (AvgIpc) is 2.53. The lowest BCUT2D eigenvalue weighted by Gasteiger charge is -2.28. The van der Waals surface area contributed by atoms with Gasteiger partial charge in [-0.15, -0.1) is 0 Å². The van der Waals surface area contributed by atoms with Crippen LogP contribution in [0.15, 0.2) is 27.9 Å². The molecule has 24 heavy (non-hydrogen) atoms. The predicted molar refractivity (Wildman–Crippen MR) is 91.0 cm³/mol. The maximum Gasteiger partial charge on any atom is 0.337 e. The Kier molecular flexibility index (Phi) is 5.71. The summed E-state index contributed by atoms with van der Waals surface area (Å²) >= 11 is 3.43. The van der Waals surface area contributed by atoms with Crippen molar-refractivity contribution in [2.75, 3.05) is 20.8 Å². The van der Waals surface area contributed by atoms with E-state index in [1.807, 2.05) is 6.92 Å². The molecule has 2 rings (SSSR count). The number of halogens is 1. The van der Waals surface area contributed by atoms with E-state index in [9.17, 15) is 9.59 Å². The number of amides is 2. The molecule has 1 aliphatic rings. The van der Waals surface area contributed by atoms with E-state index in [1.54, 1.807) is 26.2 Å². The van der Waals surface area contributed by atoms with Crippen LogP contribution in [-0.2, 0) is 9.53 Å². The molecular formula is C16H19BrN2O5. The fraction of sp³-hybridized carbons (Fsp3) is 0.375. The van der Waals surface area contributed by atoms with Crippen LogP contribution in [-0.4, -0.2) is 32.8 Å². The highest BCUT2D eigenvalue weighted by Gasteiger charge is 2.32. The number of esters is 1. The van der Waals surface area contributed by atoms with Crippen molar-refractivity contribution in [2.45, 2.75) is 19.9 Å². The van der Waals surface area contributed by atoms with Crippen molar-refractivity contribution in [3.8, 4) is 11.5 Å². The minimum absolute atomic E-state index is 0.330. The first kappa shape index (κ1) is 18.1. The molecule has 0 spiro atoms. The van der Waals surface area contributed by atoms with Crippen LogP contribution in [0.25, 0.3) is 0 Å². The molecule has 0 bridgehead atoms. The highest BCUT2D eigenvalue weighted by Crippen LogP contribution is 2.40. The number of hydrogen-bond donors (Lipinski definition) is 2. The summed E-state index contributed by atoms with van der Waals surface area (Å²) in [5.41, 5.74) is 1.44. The van der Waals surface area contributed by atoms with Gasteiger partial charge >= 0.3 is 12.0 Å². The second-order valence-electron chi connectivity index (χ2n) is 5.03. The Morgan fingerprint density at radius 2 is 2.04 bits per heavy atom. The number of benzene rings is 1. The Hall–Kier alpha value is -2.22. The van der Waals surface area contributed by atoms with Gasteiger partial charge in [-0.3, -0.25) is 0 Å². The van der Waals surface area contributed by atoms with Crippen LogP contribution in [0.5, 0.6) is 11.5 Å². The molecule has 0 aliphatic carbocycles. The molecule has 1 aromatic carbocycles. The molecule has 0 saturated heterocycles. The van der Waals surface area contributed by atoms with Crippen LogP contribution >= 0.6 is 15.9 Å². The van der Waals surface area contributed by atoms with Crippen molar-refractivity contribution in [3.05, 3.63) is 33.4 Å². The van der Waals surface area contributed by atoms with Gasteiger partial charge in [0, 0.05) is 5.70 Å². The van der Waals surface area contributed by atoms with Crippen LogP contribution in [0.1, 0.15) is 25.5 Å². The first-order valence-corrected chi connectivity index (χ1v) is 8.09. The largest absolute Gasteiger partial charge is 0.492 e. The number of urea groups is 1. The van der Waals surface area contributed by atoms with Gasteiger partial charge in [0.1, 0.15) is 0 Å². The number of nitrogens with one attached hydrogen (secondary N) is 2. The van der Waals surface area contributed by atoms with Crippen molar-refractivity contribution in [1.29, 1.82) is 0 Å². The zero-order valence-corrected chi connectivity index (χ0v) is 15.4. The van der Waals surface area contributed by atoms with Gasteiger partial charge in [0.2, 0.25) is 0 Å². The molecule has 1 atom stereocenters. The maximum atomic E-state index is 12.1. The lowest BCUT2D eigenvalue weighted by molar-refractivity contribution is -0.136. The Morgan fingerprint density at radius 1 is 1.33 bits per heavy atom. The summed E-state index contributed by atoms with van der Waals surface area (Å²) in [6.45, 7) is 3.96. The van der Waals surface area contributed by atoms with E-state index in [1.165, 1.54) is 7.11 Å². The van der Waals surface area contributed by atoms with Gasteiger partial charge < -0.3 is 24.8 Å². The molecule has 0 unspecified atom stereocenters. The highest BCUT2D eigenvalue weighted by atomic mass is 79.9. The summed E-state index contributed by atoms with van der Waals surface area (Å²) in [6, 6.07) is 2.45. The Labute approximate surface area is 148 Å². The van der Waals surface area contributed by atoms with E-state index in [-0.39, 0.29) is 0 Å². The SMILES string of the molecule is CCOc1cc([C@H]2NC(=O)NC(C)=C2C(=O)OC)cc(Br)c1OC. The monoisotopic (exact) mass is 398 g/mol. The summed E-state index contributed by atoms with van der Waals surface area (Å²) < 4.78 is 16.4. The van der Waals surface area contributed by atoms with Crippen LogP contribution in [0.2, 0.25) is 0 Å². The van der Waals surface area contributed by atoms with Gasteiger partial charge in [0.15, 0.2) is 11.5 Å². The van der Waals surface area contributed by atoms with Crippen LogP contribution in [0.3, 0.4) is 0 Å². The van der Waals surface area contributed by atoms with Gasteiger partial charge in [0.25, 0.3) is 0 Å². The number of carbonyl (C=O) groups excluding carboxylic acids is 2. The molecule has 7 nitrogen and oxygen atoms in total. The third-order valence-electron chi connectivity index (χ3n) is 3.54. The molecule has 2 amide bonds. The van der Waals surface area contributed by atoms with Gasteiger partial charge in [0.05, 0.1) is 36.9 Å². The van der Waals surface area contributed by atoms with E-state index in [0.717, 1.165) is 0 Å². The summed E-state index contributed by atoms with van der Waals surface area (Å²) in [7, 11) is 2.84. The zero-order valence-electron chi connectivity index (χ0n) is 13.9. The quantitative estimate of drug-likeness (QED) is 0.744.